The van der Waals surface area contributed by atoms with Crippen LogP contribution in [-0.2, 0) is 4.79 Å². The number of hydrogen-bond donors (Lipinski definition) is 1. The molecule has 0 aromatic heterocycles. The van der Waals surface area contributed by atoms with Crippen molar-refractivity contribution >= 4 is 17.7 Å². The lowest BCUT2D eigenvalue weighted by molar-refractivity contribution is -0.136. The standard InChI is InChI=1S/C20H32O2S/c1-2-3-4-5-6-7-8-9-10-14-17-19(20(21)22)23-18-15-12-11-13-16-18/h11-13,15-16,19H,2-10,14,17H2,1H3,(H,21,22). The molecule has 0 heterocycles. The Kier molecular flexibility index (Phi) is 11.8. The van der Waals surface area contributed by atoms with E-state index in [1.807, 2.05) is 30.3 Å². The molecule has 0 radical (unpaired) electrons. The van der Waals surface area contributed by atoms with E-state index in [4.69, 9.17) is 0 Å². The molecule has 1 N–H and O–H groups in total. The third kappa shape index (κ3) is 10.4. The van der Waals surface area contributed by atoms with Gasteiger partial charge in [-0.1, -0.05) is 89.3 Å². The van der Waals surface area contributed by atoms with Crippen LogP contribution in [0, 0.1) is 0 Å². The molecule has 0 fully saturated rings. The zero-order valence-corrected chi connectivity index (χ0v) is 15.3. The number of benzene rings is 1. The molecule has 130 valence electrons. The molecule has 0 spiro atoms. The van der Waals surface area contributed by atoms with Crippen molar-refractivity contribution in [3.05, 3.63) is 30.3 Å². The molecule has 23 heavy (non-hydrogen) atoms. The molecule has 0 saturated heterocycles. The molecule has 0 bridgehead atoms. The summed E-state index contributed by atoms with van der Waals surface area (Å²) in [6.07, 6.45) is 13.6. The lowest BCUT2D eigenvalue weighted by atomic mass is 10.1. The number of rotatable bonds is 14. The van der Waals surface area contributed by atoms with Gasteiger partial charge in [0.25, 0.3) is 0 Å². The summed E-state index contributed by atoms with van der Waals surface area (Å²) in [5.74, 6) is -0.685. The highest BCUT2D eigenvalue weighted by molar-refractivity contribution is 8.00. The number of carbonyl (C=O) groups is 1. The third-order valence-electron chi connectivity index (χ3n) is 4.12. The Morgan fingerprint density at radius 3 is 1.96 bits per heavy atom. The zero-order valence-electron chi connectivity index (χ0n) is 14.5. The summed E-state index contributed by atoms with van der Waals surface area (Å²) in [5.41, 5.74) is 0. The van der Waals surface area contributed by atoms with Gasteiger partial charge in [-0.3, -0.25) is 4.79 Å². The molecule has 1 unspecified atom stereocenters. The van der Waals surface area contributed by atoms with Gasteiger partial charge >= 0.3 is 5.97 Å². The number of aliphatic carboxylic acids is 1. The molecule has 0 aliphatic carbocycles. The average molecular weight is 337 g/mol. The van der Waals surface area contributed by atoms with Crippen LogP contribution in [0.25, 0.3) is 0 Å². The minimum atomic E-state index is -0.685. The van der Waals surface area contributed by atoms with E-state index in [1.165, 1.54) is 63.1 Å². The first kappa shape index (κ1) is 20.1. The molecule has 1 rings (SSSR count). The van der Waals surface area contributed by atoms with E-state index in [0.29, 0.717) is 0 Å². The molecule has 3 heteroatoms. The van der Waals surface area contributed by atoms with Gasteiger partial charge in [0, 0.05) is 4.90 Å². The van der Waals surface area contributed by atoms with Gasteiger partial charge in [-0.25, -0.2) is 0 Å². The smallest absolute Gasteiger partial charge is 0.316 e. The topological polar surface area (TPSA) is 37.3 Å². The molecular formula is C20H32O2S. The lowest BCUT2D eigenvalue weighted by Gasteiger charge is -2.11. The fourth-order valence-electron chi connectivity index (χ4n) is 2.71. The highest BCUT2D eigenvalue weighted by Crippen LogP contribution is 2.27. The largest absolute Gasteiger partial charge is 0.480 e. The summed E-state index contributed by atoms with van der Waals surface area (Å²) < 4.78 is 0. The molecule has 0 saturated carbocycles. The molecule has 0 amide bonds. The second-order valence-corrected chi connectivity index (χ2v) is 7.50. The first-order chi connectivity index (χ1) is 11.2. The van der Waals surface area contributed by atoms with E-state index in [2.05, 4.69) is 6.92 Å². The van der Waals surface area contributed by atoms with Crippen molar-refractivity contribution in [2.75, 3.05) is 0 Å². The van der Waals surface area contributed by atoms with E-state index >= 15 is 0 Å². The fraction of sp³-hybridized carbons (Fsp3) is 0.650. The Labute approximate surface area is 146 Å². The van der Waals surface area contributed by atoms with Crippen LogP contribution in [0.4, 0.5) is 0 Å². The molecular weight excluding hydrogens is 304 g/mol. The van der Waals surface area contributed by atoms with Gasteiger partial charge in [0.05, 0.1) is 0 Å². The zero-order chi connectivity index (χ0) is 16.8. The monoisotopic (exact) mass is 336 g/mol. The Balaban J connectivity index is 2.06. The first-order valence-electron chi connectivity index (χ1n) is 9.18. The summed E-state index contributed by atoms with van der Waals surface area (Å²) in [7, 11) is 0. The highest BCUT2D eigenvalue weighted by Gasteiger charge is 2.18. The molecule has 2 nitrogen and oxygen atoms in total. The number of carboxylic acid groups (broad SMARTS) is 1. The number of carboxylic acids is 1. The molecule has 1 atom stereocenters. The van der Waals surface area contributed by atoms with Crippen LogP contribution in [0.15, 0.2) is 35.2 Å². The van der Waals surface area contributed by atoms with Gasteiger partial charge in [-0.15, -0.1) is 11.8 Å². The van der Waals surface area contributed by atoms with Crippen molar-refractivity contribution in [2.24, 2.45) is 0 Å². The summed E-state index contributed by atoms with van der Waals surface area (Å²) in [6, 6.07) is 9.85. The van der Waals surface area contributed by atoms with Gasteiger partial charge in [0.2, 0.25) is 0 Å². The van der Waals surface area contributed by atoms with Crippen molar-refractivity contribution in [2.45, 2.75) is 87.7 Å². The molecule has 0 aliphatic rings. The highest BCUT2D eigenvalue weighted by atomic mass is 32.2. The summed E-state index contributed by atoms with van der Waals surface area (Å²) in [4.78, 5) is 12.4. The van der Waals surface area contributed by atoms with Gasteiger partial charge in [0.15, 0.2) is 0 Å². The van der Waals surface area contributed by atoms with E-state index in [-0.39, 0.29) is 5.25 Å². The third-order valence-corrected chi connectivity index (χ3v) is 5.38. The van der Waals surface area contributed by atoms with E-state index in [9.17, 15) is 9.90 Å². The van der Waals surface area contributed by atoms with Crippen molar-refractivity contribution in [3.63, 3.8) is 0 Å². The average Bonchev–Trinajstić information content (AvgIpc) is 2.56. The lowest BCUT2D eigenvalue weighted by Crippen LogP contribution is -2.16. The van der Waals surface area contributed by atoms with Gasteiger partial charge < -0.3 is 5.11 Å². The Morgan fingerprint density at radius 1 is 0.913 bits per heavy atom. The van der Waals surface area contributed by atoms with Crippen LogP contribution in [0.5, 0.6) is 0 Å². The minimum absolute atomic E-state index is 0.313. The predicted octanol–water partition coefficient (Wildman–Crippen LogP) is 6.54. The predicted molar refractivity (Wildman–Crippen MR) is 100 cm³/mol. The summed E-state index contributed by atoms with van der Waals surface area (Å²) in [5, 5.41) is 9.04. The van der Waals surface area contributed by atoms with Crippen LogP contribution in [0.2, 0.25) is 0 Å². The Bertz CT molecular complexity index is 405. The molecule has 1 aromatic rings. The number of unbranched alkanes of at least 4 members (excludes halogenated alkanes) is 9. The van der Waals surface area contributed by atoms with Crippen molar-refractivity contribution in [1.29, 1.82) is 0 Å². The SMILES string of the molecule is CCCCCCCCCCCCC(Sc1ccccc1)C(=O)O. The van der Waals surface area contributed by atoms with E-state index < -0.39 is 5.97 Å². The van der Waals surface area contributed by atoms with E-state index in [1.54, 1.807) is 0 Å². The maximum absolute atomic E-state index is 11.4. The molecule has 0 aliphatic heterocycles. The second kappa shape index (κ2) is 13.5. The van der Waals surface area contributed by atoms with Crippen LogP contribution in [-0.4, -0.2) is 16.3 Å². The quantitative estimate of drug-likeness (QED) is 0.309. The summed E-state index contributed by atoms with van der Waals surface area (Å²) in [6.45, 7) is 2.25. The van der Waals surface area contributed by atoms with Crippen LogP contribution in [0.3, 0.4) is 0 Å². The number of hydrogen-bond acceptors (Lipinski definition) is 2. The Hall–Kier alpha value is -0.960. The first-order valence-corrected chi connectivity index (χ1v) is 10.1. The molecule has 1 aromatic carbocycles. The van der Waals surface area contributed by atoms with Crippen LogP contribution in [0.1, 0.15) is 77.6 Å². The van der Waals surface area contributed by atoms with Crippen molar-refractivity contribution < 1.29 is 9.90 Å². The fourth-order valence-corrected chi connectivity index (χ4v) is 3.74. The maximum atomic E-state index is 11.4. The summed E-state index contributed by atoms with van der Waals surface area (Å²) >= 11 is 1.48. The Morgan fingerprint density at radius 2 is 1.43 bits per heavy atom. The van der Waals surface area contributed by atoms with Crippen LogP contribution < -0.4 is 0 Å². The maximum Gasteiger partial charge on any atom is 0.316 e. The van der Waals surface area contributed by atoms with Crippen molar-refractivity contribution in [3.8, 4) is 0 Å². The second-order valence-electron chi connectivity index (χ2n) is 6.23. The van der Waals surface area contributed by atoms with Gasteiger partial charge in [0.1, 0.15) is 5.25 Å². The van der Waals surface area contributed by atoms with Crippen molar-refractivity contribution in [1.82, 2.24) is 0 Å². The normalized spacial score (nSPS) is 12.2. The van der Waals surface area contributed by atoms with Gasteiger partial charge in [-0.2, -0.15) is 0 Å². The van der Waals surface area contributed by atoms with Crippen LogP contribution >= 0.6 is 11.8 Å². The van der Waals surface area contributed by atoms with E-state index in [0.717, 1.165) is 24.2 Å². The van der Waals surface area contributed by atoms with Gasteiger partial charge in [-0.05, 0) is 18.6 Å². The minimum Gasteiger partial charge on any atom is -0.480 e. The number of thioether (sulfide) groups is 1.